The maximum Gasteiger partial charge on any atom is -0.00207 e. The number of hydrogen-bond acceptors (Lipinski definition) is 1. The van der Waals surface area contributed by atoms with E-state index in [2.05, 4.69) is 26.1 Å². The van der Waals surface area contributed by atoms with Crippen LogP contribution in [0.5, 0.6) is 0 Å². The standard InChI is InChI=1S/C7H16N/c1-4-7(3)6-8-5-2/h7-8H,3-6H2,1-2H3. The van der Waals surface area contributed by atoms with Gasteiger partial charge in [-0.15, -0.1) is 0 Å². The molecule has 0 saturated heterocycles. The summed E-state index contributed by atoms with van der Waals surface area (Å²) in [6.07, 6.45) is 1.17. The Labute approximate surface area is 52.5 Å². The first-order valence-corrected chi connectivity index (χ1v) is 3.35. The van der Waals surface area contributed by atoms with Crippen LogP contribution in [0.25, 0.3) is 0 Å². The summed E-state index contributed by atoms with van der Waals surface area (Å²) in [5, 5.41) is 3.24. The van der Waals surface area contributed by atoms with E-state index in [0.29, 0.717) is 5.92 Å². The summed E-state index contributed by atoms with van der Waals surface area (Å²) in [7, 11) is 0. The Bertz CT molecular complexity index is 43.7. The molecular formula is C7H16N. The molecule has 0 aliphatic heterocycles. The quantitative estimate of drug-likeness (QED) is 0.583. The van der Waals surface area contributed by atoms with Gasteiger partial charge in [0.25, 0.3) is 0 Å². The molecule has 1 atom stereocenters. The Morgan fingerprint density at radius 2 is 2.12 bits per heavy atom. The van der Waals surface area contributed by atoms with E-state index >= 15 is 0 Å². The molecule has 1 radical (unpaired) electrons. The van der Waals surface area contributed by atoms with Crippen LogP contribution in [0, 0.1) is 12.8 Å². The largest absolute Gasteiger partial charge is 0.317 e. The number of rotatable bonds is 4. The minimum atomic E-state index is 0.593. The molecule has 8 heavy (non-hydrogen) atoms. The monoisotopic (exact) mass is 114 g/mol. The molecular weight excluding hydrogens is 98.1 g/mol. The van der Waals surface area contributed by atoms with E-state index in [-0.39, 0.29) is 0 Å². The number of hydrogen-bond donors (Lipinski definition) is 1. The van der Waals surface area contributed by atoms with E-state index in [0.717, 1.165) is 13.1 Å². The maximum absolute atomic E-state index is 3.93. The maximum atomic E-state index is 3.93. The normalized spacial score (nSPS) is 13.9. The predicted molar refractivity (Wildman–Crippen MR) is 37.7 cm³/mol. The van der Waals surface area contributed by atoms with Crippen LogP contribution >= 0.6 is 0 Å². The van der Waals surface area contributed by atoms with Crippen LogP contribution in [0.1, 0.15) is 20.3 Å². The molecule has 49 valence electrons. The van der Waals surface area contributed by atoms with E-state index in [4.69, 9.17) is 0 Å². The van der Waals surface area contributed by atoms with Crippen molar-refractivity contribution in [3.63, 3.8) is 0 Å². The topological polar surface area (TPSA) is 12.0 Å². The second-order valence-corrected chi connectivity index (χ2v) is 2.08. The fourth-order valence-corrected chi connectivity index (χ4v) is 0.493. The fraction of sp³-hybridized carbons (Fsp3) is 0.857. The van der Waals surface area contributed by atoms with Crippen molar-refractivity contribution in [1.29, 1.82) is 0 Å². The smallest absolute Gasteiger partial charge is 0.00207 e. The molecule has 0 aromatic rings. The van der Waals surface area contributed by atoms with Gasteiger partial charge in [-0.1, -0.05) is 20.3 Å². The van der Waals surface area contributed by atoms with Crippen LogP contribution in [0.3, 0.4) is 0 Å². The Morgan fingerprint density at radius 3 is 2.50 bits per heavy atom. The minimum absolute atomic E-state index is 0.593. The van der Waals surface area contributed by atoms with Gasteiger partial charge < -0.3 is 5.32 Å². The molecule has 0 spiro atoms. The molecule has 1 nitrogen and oxygen atoms in total. The third kappa shape index (κ3) is 4.13. The van der Waals surface area contributed by atoms with E-state index in [1.165, 1.54) is 6.42 Å². The highest BCUT2D eigenvalue weighted by molar-refractivity contribution is 4.60. The van der Waals surface area contributed by atoms with Crippen LogP contribution < -0.4 is 5.32 Å². The summed E-state index contributed by atoms with van der Waals surface area (Å²) < 4.78 is 0. The lowest BCUT2D eigenvalue weighted by Crippen LogP contribution is -2.19. The molecule has 1 unspecified atom stereocenters. The lowest BCUT2D eigenvalue weighted by Gasteiger charge is -2.06. The fourth-order valence-electron chi connectivity index (χ4n) is 0.493. The Kier molecular flexibility index (Phi) is 5.08. The average molecular weight is 114 g/mol. The van der Waals surface area contributed by atoms with E-state index in [1.807, 2.05) is 0 Å². The molecule has 0 aromatic heterocycles. The van der Waals surface area contributed by atoms with Crippen molar-refractivity contribution in [3.8, 4) is 0 Å². The molecule has 0 aliphatic carbocycles. The summed E-state index contributed by atoms with van der Waals surface area (Å²) in [5.41, 5.74) is 0. The highest BCUT2D eigenvalue weighted by Gasteiger charge is 1.93. The second-order valence-electron chi connectivity index (χ2n) is 2.08. The molecule has 0 aliphatic rings. The first-order valence-electron chi connectivity index (χ1n) is 3.35. The average Bonchev–Trinajstić information content (AvgIpc) is 1.83. The summed E-state index contributed by atoms with van der Waals surface area (Å²) in [6.45, 7) is 10.3. The molecule has 0 fully saturated rings. The van der Waals surface area contributed by atoms with Gasteiger partial charge in [-0.3, -0.25) is 0 Å². The molecule has 1 heteroatoms. The van der Waals surface area contributed by atoms with Gasteiger partial charge in [0.05, 0.1) is 0 Å². The Morgan fingerprint density at radius 1 is 1.50 bits per heavy atom. The highest BCUT2D eigenvalue weighted by Crippen LogP contribution is 1.95. The molecule has 0 amide bonds. The van der Waals surface area contributed by atoms with Gasteiger partial charge in [-0.05, 0) is 25.9 Å². The van der Waals surface area contributed by atoms with Gasteiger partial charge in [0, 0.05) is 0 Å². The van der Waals surface area contributed by atoms with Crippen LogP contribution in [0.2, 0.25) is 0 Å². The summed E-state index contributed by atoms with van der Waals surface area (Å²) >= 11 is 0. The van der Waals surface area contributed by atoms with Crippen molar-refractivity contribution in [2.75, 3.05) is 13.1 Å². The van der Waals surface area contributed by atoms with Crippen molar-refractivity contribution in [1.82, 2.24) is 5.32 Å². The van der Waals surface area contributed by atoms with E-state index in [9.17, 15) is 0 Å². The van der Waals surface area contributed by atoms with E-state index in [1.54, 1.807) is 0 Å². The van der Waals surface area contributed by atoms with Gasteiger partial charge in [0.2, 0.25) is 0 Å². The number of nitrogens with one attached hydrogen (secondary N) is 1. The lowest BCUT2D eigenvalue weighted by atomic mass is 10.1. The van der Waals surface area contributed by atoms with Crippen molar-refractivity contribution in [2.24, 2.45) is 5.92 Å². The third-order valence-electron chi connectivity index (χ3n) is 1.26. The van der Waals surface area contributed by atoms with Crippen molar-refractivity contribution >= 4 is 0 Å². The molecule has 0 bridgehead atoms. The molecule has 0 saturated carbocycles. The SMILES string of the molecule is [CH2]C(CC)CNCC. The van der Waals surface area contributed by atoms with Crippen molar-refractivity contribution in [3.05, 3.63) is 6.92 Å². The first-order chi connectivity index (χ1) is 3.81. The summed E-state index contributed by atoms with van der Waals surface area (Å²) in [6, 6.07) is 0. The lowest BCUT2D eigenvalue weighted by molar-refractivity contribution is 0.553. The Hall–Kier alpha value is -0.0400. The van der Waals surface area contributed by atoms with Crippen molar-refractivity contribution < 1.29 is 0 Å². The molecule has 0 aromatic carbocycles. The highest BCUT2D eigenvalue weighted by atomic mass is 14.8. The van der Waals surface area contributed by atoms with Crippen LogP contribution in [0.4, 0.5) is 0 Å². The molecule has 1 N–H and O–H groups in total. The zero-order chi connectivity index (χ0) is 6.41. The predicted octanol–water partition coefficient (Wildman–Crippen LogP) is 1.46. The zero-order valence-electron chi connectivity index (χ0n) is 5.91. The Balaban J connectivity index is 2.86. The van der Waals surface area contributed by atoms with Gasteiger partial charge in [0.1, 0.15) is 0 Å². The summed E-state index contributed by atoms with van der Waals surface area (Å²) in [5.74, 6) is 0.593. The first kappa shape index (κ1) is 7.96. The second kappa shape index (κ2) is 5.10. The van der Waals surface area contributed by atoms with Gasteiger partial charge in [-0.2, -0.15) is 0 Å². The van der Waals surface area contributed by atoms with Crippen molar-refractivity contribution in [2.45, 2.75) is 20.3 Å². The third-order valence-corrected chi connectivity index (χ3v) is 1.26. The molecule has 0 rings (SSSR count). The van der Waals surface area contributed by atoms with Gasteiger partial charge >= 0.3 is 0 Å². The van der Waals surface area contributed by atoms with E-state index < -0.39 is 0 Å². The van der Waals surface area contributed by atoms with Gasteiger partial charge in [-0.25, -0.2) is 0 Å². The van der Waals surface area contributed by atoms with Crippen LogP contribution in [-0.2, 0) is 0 Å². The van der Waals surface area contributed by atoms with Crippen LogP contribution in [-0.4, -0.2) is 13.1 Å². The minimum Gasteiger partial charge on any atom is -0.317 e. The summed E-state index contributed by atoms with van der Waals surface area (Å²) in [4.78, 5) is 0. The zero-order valence-corrected chi connectivity index (χ0v) is 5.91. The van der Waals surface area contributed by atoms with Gasteiger partial charge in [0.15, 0.2) is 0 Å². The molecule has 0 heterocycles. The van der Waals surface area contributed by atoms with Crippen LogP contribution in [0.15, 0.2) is 0 Å².